The van der Waals surface area contributed by atoms with Gasteiger partial charge in [0.05, 0.1) is 25.3 Å². The van der Waals surface area contributed by atoms with E-state index in [1.807, 2.05) is 67.5 Å². The van der Waals surface area contributed by atoms with Crippen LogP contribution in [0.25, 0.3) is 0 Å². The van der Waals surface area contributed by atoms with E-state index in [4.69, 9.17) is 10.00 Å². The van der Waals surface area contributed by atoms with Crippen LogP contribution in [-0.2, 0) is 6.54 Å². The third-order valence-corrected chi connectivity index (χ3v) is 4.68. The van der Waals surface area contributed by atoms with E-state index < -0.39 is 0 Å². The number of nitriles is 1. The largest absolute Gasteiger partial charge is 0.497 e. The number of hydrogen-bond donors (Lipinski definition) is 0. The van der Waals surface area contributed by atoms with E-state index in [9.17, 15) is 4.79 Å². The number of methoxy groups -OCH3 is 1. The summed E-state index contributed by atoms with van der Waals surface area (Å²) in [5, 5.41) is 9.00. The normalized spacial score (nSPS) is 10.1. The molecule has 0 spiro atoms. The van der Waals surface area contributed by atoms with Gasteiger partial charge in [-0.05, 0) is 66.2 Å². The first-order valence-corrected chi connectivity index (χ1v) is 9.24. The molecule has 0 heterocycles. The Morgan fingerprint density at radius 2 is 1.48 bits per heavy atom. The topological polar surface area (TPSA) is 56.6 Å². The van der Waals surface area contributed by atoms with Crippen molar-refractivity contribution in [3.05, 3.63) is 89.5 Å². The molecule has 3 aromatic carbocycles. The van der Waals surface area contributed by atoms with Gasteiger partial charge in [0, 0.05) is 31.0 Å². The highest BCUT2D eigenvalue weighted by Gasteiger charge is 2.18. The van der Waals surface area contributed by atoms with Crippen LogP contribution in [0.5, 0.6) is 5.75 Å². The first kappa shape index (κ1) is 20.0. The Morgan fingerprint density at radius 3 is 2.00 bits per heavy atom. The number of carbonyl (C=O) groups excluding carboxylic acids is 1. The second-order valence-corrected chi connectivity index (χ2v) is 6.84. The number of hydrogen-bond acceptors (Lipinski definition) is 4. The maximum atomic E-state index is 13.3. The molecule has 0 fully saturated rings. The van der Waals surface area contributed by atoms with Gasteiger partial charge in [-0.15, -0.1) is 0 Å². The van der Waals surface area contributed by atoms with Crippen LogP contribution in [0.4, 0.5) is 11.4 Å². The second kappa shape index (κ2) is 8.94. The van der Waals surface area contributed by atoms with E-state index >= 15 is 0 Å². The number of carbonyl (C=O) groups is 1. The summed E-state index contributed by atoms with van der Waals surface area (Å²) in [6.07, 6.45) is 0. The summed E-state index contributed by atoms with van der Waals surface area (Å²) in [5.41, 5.74) is 3.95. The summed E-state index contributed by atoms with van der Waals surface area (Å²) >= 11 is 0. The zero-order valence-corrected chi connectivity index (χ0v) is 16.8. The van der Waals surface area contributed by atoms with Crippen molar-refractivity contribution in [1.82, 2.24) is 0 Å². The molecule has 0 aliphatic carbocycles. The minimum Gasteiger partial charge on any atom is -0.497 e. The Bertz CT molecular complexity index is 1000. The van der Waals surface area contributed by atoms with Gasteiger partial charge in [0.2, 0.25) is 0 Å². The summed E-state index contributed by atoms with van der Waals surface area (Å²) < 4.78 is 5.23. The SMILES string of the molecule is COc1ccc(N(Cc2ccc(N(C)C)cc2)C(=O)c2ccc(C#N)cc2)cc1. The molecule has 5 heteroatoms. The summed E-state index contributed by atoms with van der Waals surface area (Å²) in [7, 11) is 5.60. The van der Waals surface area contributed by atoms with Gasteiger partial charge < -0.3 is 14.5 Å². The highest BCUT2D eigenvalue weighted by atomic mass is 16.5. The number of ether oxygens (including phenoxy) is 1. The Morgan fingerprint density at radius 1 is 0.897 bits per heavy atom. The van der Waals surface area contributed by atoms with Crippen molar-refractivity contribution in [1.29, 1.82) is 5.26 Å². The van der Waals surface area contributed by atoms with E-state index in [1.165, 1.54) is 0 Å². The molecule has 29 heavy (non-hydrogen) atoms. The van der Waals surface area contributed by atoms with E-state index in [2.05, 4.69) is 6.07 Å². The highest BCUT2D eigenvalue weighted by Crippen LogP contribution is 2.24. The van der Waals surface area contributed by atoms with Crippen molar-refractivity contribution in [2.45, 2.75) is 6.54 Å². The molecule has 0 saturated carbocycles. The van der Waals surface area contributed by atoms with Gasteiger partial charge in [0.1, 0.15) is 5.75 Å². The van der Waals surface area contributed by atoms with Crippen molar-refractivity contribution in [2.75, 3.05) is 31.0 Å². The van der Waals surface area contributed by atoms with Crippen molar-refractivity contribution < 1.29 is 9.53 Å². The maximum Gasteiger partial charge on any atom is 0.258 e. The molecule has 3 rings (SSSR count). The molecule has 0 radical (unpaired) electrons. The fourth-order valence-corrected chi connectivity index (χ4v) is 2.97. The lowest BCUT2D eigenvalue weighted by Crippen LogP contribution is -2.30. The van der Waals surface area contributed by atoms with Gasteiger partial charge in [0.15, 0.2) is 0 Å². The molecule has 0 aliphatic rings. The highest BCUT2D eigenvalue weighted by molar-refractivity contribution is 6.06. The predicted octanol–water partition coefficient (Wildman–Crippen LogP) is 4.48. The number of amides is 1. The van der Waals surface area contributed by atoms with E-state index in [0.717, 1.165) is 22.7 Å². The standard InChI is InChI=1S/C24H23N3O2/c1-26(2)21-10-6-19(7-11-21)17-27(22-12-14-23(29-3)15-13-22)24(28)20-8-4-18(16-25)5-9-20/h4-15H,17H2,1-3H3. The maximum absolute atomic E-state index is 13.3. The molecule has 0 N–H and O–H groups in total. The van der Waals surface area contributed by atoms with Crippen LogP contribution in [0.1, 0.15) is 21.5 Å². The van der Waals surface area contributed by atoms with Crippen LogP contribution >= 0.6 is 0 Å². The number of benzene rings is 3. The van der Waals surface area contributed by atoms with Crippen molar-refractivity contribution >= 4 is 17.3 Å². The number of nitrogens with zero attached hydrogens (tertiary/aromatic N) is 3. The molecule has 0 aromatic heterocycles. The fourth-order valence-electron chi connectivity index (χ4n) is 2.97. The lowest BCUT2D eigenvalue weighted by Gasteiger charge is -2.24. The lowest BCUT2D eigenvalue weighted by molar-refractivity contribution is 0.0985. The number of rotatable bonds is 6. The first-order chi connectivity index (χ1) is 14.0. The molecule has 0 saturated heterocycles. The smallest absolute Gasteiger partial charge is 0.258 e. The molecule has 1 amide bonds. The van der Waals surface area contributed by atoms with Crippen molar-refractivity contribution in [3.8, 4) is 11.8 Å². The monoisotopic (exact) mass is 385 g/mol. The molecule has 5 nitrogen and oxygen atoms in total. The minimum absolute atomic E-state index is 0.128. The Labute approximate surface area is 171 Å². The van der Waals surface area contributed by atoms with Crippen LogP contribution in [0.3, 0.4) is 0 Å². The Balaban J connectivity index is 1.93. The molecular weight excluding hydrogens is 362 g/mol. The second-order valence-electron chi connectivity index (χ2n) is 6.84. The van der Waals surface area contributed by atoms with Crippen molar-refractivity contribution in [2.24, 2.45) is 0 Å². The zero-order valence-electron chi connectivity index (χ0n) is 16.8. The fraction of sp³-hybridized carbons (Fsp3) is 0.167. The third-order valence-electron chi connectivity index (χ3n) is 4.68. The Hall–Kier alpha value is -3.78. The number of anilines is 2. The average Bonchev–Trinajstić information content (AvgIpc) is 2.77. The van der Waals surface area contributed by atoms with Gasteiger partial charge in [-0.3, -0.25) is 4.79 Å². The van der Waals surface area contributed by atoms with Gasteiger partial charge in [-0.25, -0.2) is 0 Å². The Kier molecular flexibility index (Phi) is 6.16. The molecule has 146 valence electrons. The first-order valence-electron chi connectivity index (χ1n) is 9.24. The van der Waals surface area contributed by atoms with Crippen LogP contribution in [0.2, 0.25) is 0 Å². The van der Waals surface area contributed by atoms with Crippen LogP contribution in [-0.4, -0.2) is 27.1 Å². The van der Waals surface area contributed by atoms with E-state index in [1.54, 1.807) is 36.3 Å². The van der Waals surface area contributed by atoms with Crippen molar-refractivity contribution in [3.63, 3.8) is 0 Å². The average molecular weight is 385 g/mol. The molecule has 0 aliphatic heterocycles. The van der Waals surface area contributed by atoms with E-state index in [0.29, 0.717) is 17.7 Å². The molecular formula is C24H23N3O2. The molecule has 3 aromatic rings. The van der Waals surface area contributed by atoms with Gasteiger partial charge in [0.25, 0.3) is 5.91 Å². The summed E-state index contributed by atoms with van der Waals surface area (Å²) in [4.78, 5) is 17.0. The zero-order chi connectivity index (χ0) is 20.8. The quantitative estimate of drug-likeness (QED) is 0.628. The van der Waals surface area contributed by atoms with Crippen LogP contribution in [0.15, 0.2) is 72.8 Å². The summed E-state index contributed by atoms with van der Waals surface area (Å²) in [6, 6.07) is 24.3. The minimum atomic E-state index is -0.128. The molecule has 0 atom stereocenters. The van der Waals surface area contributed by atoms with Gasteiger partial charge >= 0.3 is 0 Å². The lowest BCUT2D eigenvalue weighted by atomic mass is 10.1. The van der Waals surface area contributed by atoms with Gasteiger partial charge in [-0.1, -0.05) is 12.1 Å². The van der Waals surface area contributed by atoms with E-state index in [-0.39, 0.29) is 5.91 Å². The summed E-state index contributed by atoms with van der Waals surface area (Å²) in [6.45, 7) is 0.429. The van der Waals surface area contributed by atoms with Gasteiger partial charge in [-0.2, -0.15) is 5.26 Å². The molecule has 0 bridgehead atoms. The van der Waals surface area contributed by atoms with Crippen LogP contribution in [0, 0.1) is 11.3 Å². The van der Waals surface area contributed by atoms with Crippen LogP contribution < -0.4 is 14.5 Å². The summed E-state index contributed by atoms with van der Waals surface area (Å²) in [5.74, 6) is 0.603. The predicted molar refractivity (Wildman–Crippen MR) is 115 cm³/mol. The molecule has 0 unspecified atom stereocenters. The third kappa shape index (κ3) is 4.74.